The van der Waals surface area contributed by atoms with Crippen LogP contribution in [0.4, 0.5) is 0 Å². The fraction of sp³-hybridized carbons (Fsp3) is 0.379. The first kappa shape index (κ1) is 28.2. The SMILES string of the molecule is CC1(C)CC(=O)C2=C(C1)NC1=C(C(=O)CC(C)(C)C1)C2c1cc(Cl)cc(Cl)c1OS(=O)(=O)c1ccc(Cl)cc1. The molecule has 39 heavy (non-hydrogen) atoms. The molecule has 1 N–H and O–H groups in total. The molecule has 0 spiro atoms. The maximum absolute atomic E-state index is 13.7. The Bertz CT molecular complexity index is 1540. The van der Waals surface area contributed by atoms with Crippen molar-refractivity contribution in [3.63, 3.8) is 0 Å². The molecule has 3 aliphatic rings. The molecular weight excluding hydrogens is 581 g/mol. The summed E-state index contributed by atoms with van der Waals surface area (Å²) in [4.78, 5) is 27.2. The molecule has 2 aromatic rings. The number of ketones is 2. The van der Waals surface area contributed by atoms with Crippen LogP contribution in [-0.4, -0.2) is 20.0 Å². The lowest BCUT2D eigenvalue weighted by molar-refractivity contribution is -0.119. The number of halogens is 3. The average molecular weight is 609 g/mol. The van der Waals surface area contributed by atoms with Crippen LogP contribution in [-0.2, 0) is 19.7 Å². The highest BCUT2D eigenvalue weighted by Gasteiger charge is 2.47. The molecule has 0 fully saturated rings. The van der Waals surface area contributed by atoms with Gasteiger partial charge in [-0.3, -0.25) is 9.59 Å². The van der Waals surface area contributed by atoms with E-state index in [0.717, 1.165) is 11.4 Å². The molecule has 2 aromatic carbocycles. The number of hydrogen-bond acceptors (Lipinski definition) is 6. The van der Waals surface area contributed by atoms with Crippen molar-refractivity contribution in [3.8, 4) is 5.75 Å². The van der Waals surface area contributed by atoms with Crippen molar-refractivity contribution in [2.75, 3.05) is 0 Å². The lowest BCUT2D eigenvalue weighted by Crippen LogP contribution is -2.42. The molecule has 0 bridgehead atoms. The van der Waals surface area contributed by atoms with Crippen molar-refractivity contribution in [1.29, 1.82) is 0 Å². The number of carbonyl (C=O) groups is 2. The number of dihydropyridines is 1. The highest BCUT2D eigenvalue weighted by molar-refractivity contribution is 7.87. The third kappa shape index (κ3) is 5.39. The minimum absolute atomic E-state index is 0.0509. The van der Waals surface area contributed by atoms with E-state index in [0.29, 0.717) is 29.0 Å². The maximum atomic E-state index is 13.7. The summed E-state index contributed by atoms with van der Waals surface area (Å²) in [6, 6.07) is 8.44. The molecule has 0 aromatic heterocycles. The fourth-order valence-electron chi connectivity index (χ4n) is 5.84. The molecule has 0 saturated heterocycles. The van der Waals surface area contributed by atoms with E-state index in [4.69, 9.17) is 39.0 Å². The molecule has 10 heteroatoms. The Morgan fingerprint density at radius 3 is 1.82 bits per heavy atom. The van der Waals surface area contributed by atoms with Gasteiger partial charge in [-0.2, -0.15) is 8.42 Å². The predicted octanol–water partition coefficient (Wildman–Crippen LogP) is 7.39. The molecule has 5 rings (SSSR count). The molecule has 0 atom stereocenters. The largest absolute Gasteiger partial charge is 0.377 e. The number of Topliss-reactive ketones (excluding diaryl/α,β-unsaturated/α-hetero) is 2. The van der Waals surface area contributed by atoms with Gasteiger partial charge in [0.25, 0.3) is 0 Å². The first-order chi connectivity index (χ1) is 18.1. The van der Waals surface area contributed by atoms with Gasteiger partial charge < -0.3 is 9.50 Å². The highest BCUT2D eigenvalue weighted by Crippen LogP contribution is 2.53. The zero-order chi connectivity index (χ0) is 28.5. The number of allylic oxidation sites excluding steroid dienone is 4. The van der Waals surface area contributed by atoms with Gasteiger partial charge in [0.05, 0.1) is 5.02 Å². The highest BCUT2D eigenvalue weighted by atomic mass is 35.5. The van der Waals surface area contributed by atoms with E-state index >= 15 is 0 Å². The molecule has 0 saturated carbocycles. The first-order valence-electron chi connectivity index (χ1n) is 12.6. The summed E-state index contributed by atoms with van der Waals surface area (Å²) in [7, 11) is -4.35. The molecule has 2 aliphatic carbocycles. The quantitative estimate of drug-likeness (QED) is 0.364. The van der Waals surface area contributed by atoms with Crippen LogP contribution in [0.1, 0.15) is 64.9 Å². The van der Waals surface area contributed by atoms with Crippen LogP contribution in [0.5, 0.6) is 5.75 Å². The molecule has 206 valence electrons. The maximum Gasteiger partial charge on any atom is 0.339 e. The summed E-state index contributed by atoms with van der Waals surface area (Å²) in [6.45, 7) is 8.09. The topological polar surface area (TPSA) is 89.5 Å². The second-order valence-corrected chi connectivity index (χ2v) is 14.8. The zero-order valence-corrected chi connectivity index (χ0v) is 25.0. The van der Waals surface area contributed by atoms with Crippen LogP contribution >= 0.6 is 34.8 Å². The Balaban J connectivity index is 1.74. The van der Waals surface area contributed by atoms with Gasteiger partial charge in [0.1, 0.15) is 4.90 Å². The third-order valence-corrected chi connectivity index (χ3v) is 9.35. The third-order valence-electron chi connectivity index (χ3n) is 7.36. The molecule has 1 aliphatic heterocycles. The van der Waals surface area contributed by atoms with E-state index < -0.39 is 16.0 Å². The van der Waals surface area contributed by atoms with Gasteiger partial charge in [-0.25, -0.2) is 0 Å². The van der Waals surface area contributed by atoms with Crippen LogP contribution in [0.25, 0.3) is 0 Å². The minimum Gasteiger partial charge on any atom is -0.377 e. The fourth-order valence-corrected chi connectivity index (χ4v) is 7.53. The summed E-state index contributed by atoms with van der Waals surface area (Å²) in [5.41, 5.74) is 1.99. The molecule has 1 heterocycles. The monoisotopic (exact) mass is 607 g/mol. The van der Waals surface area contributed by atoms with Crippen LogP contribution in [0.15, 0.2) is 63.8 Å². The van der Waals surface area contributed by atoms with Crippen molar-refractivity contribution < 1.29 is 22.2 Å². The normalized spacial score (nSPS) is 20.9. The van der Waals surface area contributed by atoms with Gasteiger partial charge in [-0.1, -0.05) is 62.5 Å². The summed E-state index contributed by atoms with van der Waals surface area (Å²) >= 11 is 18.9. The summed E-state index contributed by atoms with van der Waals surface area (Å²) in [5, 5.41) is 3.98. The second-order valence-electron chi connectivity index (χ2n) is 12.0. The Labute approximate surface area is 243 Å². The summed E-state index contributed by atoms with van der Waals surface area (Å²) in [6.07, 6.45) is 1.73. The number of rotatable bonds is 4. The predicted molar refractivity (Wildman–Crippen MR) is 152 cm³/mol. The van der Waals surface area contributed by atoms with Gasteiger partial charge >= 0.3 is 10.1 Å². The molecule has 0 amide bonds. The number of hydrogen-bond donors (Lipinski definition) is 1. The first-order valence-corrected chi connectivity index (χ1v) is 15.1. The van der Waals surface area contributed by atoms with E-state index in [1.807, 2.05) is 27.7 Å². The molecule has 6 nitrogen and oxygen atoms in total. The van der Waals surface area contributed by atoms with E-state index in [-0.39, 0.29) is 61.5 Å². The lowest BCUT2D eigenvalue weighted by Gasteiger charge is -2.44. The Morgan fingerprint density at radius 1 is 0.795 bits per heavy atom. The van der Waals surface area contributed by atoms with Crippen molar-refractivity contribution in [2.24, 2.45) is 10.8 Å². The Morgan fingerprint density at radius 2 is 1.31 bits per heavy atom. The molecular formula is C29H28Cl3NO5S. The van der Waals surface area contributed by atoms with Crippen molar-refractivity contribution in [3.05, 3.63) is 79.6 Å². The minimum atomic E-state index is -4.35. The molecule has 0 unspecified atom stereocenters. The zero-order valence-electron chi connectivity index (χ0n) is 22.0. The lowest BCUT2D eigenvalue weighted by atomic mass is 9.64. The summed E-state index contributed by atoms with van der Waals surface area (Å²) < 4.78 is 32.3. The van der Waals surface area contributed by atoms with Crippen LogP contribution in [0.3, 0.4) is 0 Å². The second kappa shape index (κ2) is 9.65. The summed E-state index contributed by atoms with van der Waals surface area (Å²) in [5.74, 6) is -1.29. The van der Waals surface area contributed by atoms with Gasteiger partial charge in [0.15, 0.2) is 17.3 Å². The van der Waals surface area contributed by atoms with Gasteiger partial charge in [0.2, 0.25) is 0 Å². The number of nitrogens with one attached hydrogen (secondary N) is 1. The Hall–Kier alpha value is -2.32. The standard InChI is InChI=1S/C29H28Cl3NO5S/c1-28(2)11-20-25(22(34)13-28)24(26-21(33-20)12-29(3,4)14-23(26)35)18-9-16(31)10-19(32)27(18)38-39(36,37)17-7-5-15(30)6-8-17/h5-10,24,33H,11-14H2,1-4H3. The van der Waals surface area contributed by atoms with Crippen LogP contribution in [0.2, 0.25) is 15.1 Å². The van der Waals surface area contributed by atoms with E-state index in [1.165, 1.54) is 36.4 Å². The van der Waals surface area contributed by atoms with Gasteiger partial charge in [0, 0.05) is 56.9 Å². The van der Waals surface area contributed by atoms with Gasteiger partial charge in [-0.15, -0.1) is 0 Å². The number of benzene rings is 2. The Kier molecular flexibility index (Phi) is 6.98. The van der Waals surface area contributed by atoms with Crippen LogP contribution < -0.4 is 9.50 Å². The van der Waals surface area contributed by atoms with Gasteiger partial charge in [-0.05, 0) is 60.1 Å². The van der Waals surface area contributed by atoms with Crippen molar-refractivity contribution >= 4 is 56.5 Å². The van der Waals surface area contributed by atoms with Crippen molar-refractivity contribution in [2.45, 2.75) is 64.2 Å². The number of carbonyl (C=O) groups excluding carboxylic acids is 2. The van der Waals surface area contributed by atoms with Crippen LogP contribution in [0, 0.1) is 10.8 Å². The van der Waals surface area contributed by atoms with E-state index in [2.05, 4.69) is 5.32 Å². The smallest absolute Gasteiger partial charge is 0.339 e. The molecule has 0 radical (unpaired) electrons. The average Bonchev–Trinajstić information content (AvgIpc) is 2.78. The van der Waals surface area contributed by atoms with E-state index in [9.17, 15) is 18.0 Å². The van der Waals surface area contributed by atoms with E-state index in [1.54, 1.807) is 0 Å². The van der Waals surface area contributed by atoms with Crippen molar-refractivity contribution in [1.82, 2.24) is 5.32 Å².